The third-order valence-corrected chi connectivity index (χ3v) is 5.05. The van der Waals surface area contributed by atoms with E-state index in [1.54, 1.807) is 0 Å². The van der Waals surface area contributed by atoms with Gasteiger partial charge in [-0.3, -0.25) is 0 Å². The van der Waals surface area contributed by atoms with Gasteiger partial charge in [-0.15, -0.1) is 0 Å². The Morgan fingerprint density at radius 3 is 2.50 bits per heavy atom. The lowest BCUT2D eigenvalue weighted by Gasteiger charge is -2.33. The number of hydrogen-bond acceptors (Lipinski definition) is 3. The maximum absolute atomic E-state index is 4.87. The molecule has 0 bridgehead atoms. The molecule has 0 aliphatic carbocycles. The molecule has 0 amide bonds. The van der Waals surface area contributed by atoms with Crippen molar-refractivity contribution in [2.75, 3.05) is 30.4 Å². The smallest absolute Gasteiger partial charge is 0.129 e. The van der Waals surface area contributed by atoms with Gasteiger partial charge < -0.3 is 10.2 Å². The Bertz CT molecular complexity index is 821. The average Bonchev–Trinajstić information content (AvgIpc) is 2.68. The van der Waals surface area contributed by atoms with E-state index in [-0.39, 0.29) is 0 Å². The Kier molecular flexibility index (Phi) is 4.08. The van der Waals surface area contributed by atoms with Crippen LogP contribution in [0.3, 0.4) is 0 Å². The number of anilines is 2. The lowest BCUT2D eigenvalue weighted by Crippen LogP contribution is -2.33. The zero-order chi connectivity index (χ0) is 16.4. The van der Waals surface area contributed by atoms with Gasteiger partial charge in [-0.2, -0.15) is 0 Å². The van der Waals surface area contributed by atoms with Crippen LogP contribution in [0.1, 0.15) is 24.3 Å². The van der Waals surface area contributed by atoms with E-state index in [1.807, 2.05) is 7.05 Å². The zero-order valence-corrected chi connectivity index (χ0v) is 14.1. The van der Waals surface area contributed by atoms with E-state index >= 15 is 0 Å². The summed E-state index contributed by atoms with van der Waals surface area (Å²) < 4.78 is 0. The molecule has 2 aromatic carbocycles. The predicted octanol–water partition coefficient (Wildman–Crippen LogP) is 4.66. The first-order chi connectivity index (χ1) is 11.8. The van der Waals surface area contributed by atoms with Gasteiger partial charge in [0, 0.05) is 31.2 Å². The molecular weight excluding hydrogens is 294 g/mol. The molecule has 24 heavy (non-hydrogen) atoms. The summed E-state index contributed by atoms with van der Waals surface area (Å²) in [5.41, 5.74) is 3.67. The minimum Gasteiger partial charge on any atom is -0.388 e. The molecule has 3 aromatic rings. The fraction of sp³-hybridized carbons (Fsp3) is 0.286. The third-order valence-electron chi connectivity index (χ3n) is 5.05. The van der Waals surface area contributed by atoms with Crippen molar-refractivity contribution in [2.45, 2.75) is 18.8 Å². The van der Waals surface area contributed by atoms with Crippen LogP contribution < -0.4 is 10.2 Å². The first-order valence-corrected chi connectivity index (χ1v) is 8.72. The van der Waals surface area contributed by atoms with E-state index in [0.717, 1.165) is 30.1 Å². The summed E-state index contributed by atoms with van der Waals surface area (Å²) in [6, 6.07) is 21.6. The molecule has 1 N–H and O–H groups in total. The van der Waals surface area contributed by atoms with E-state index in [4.69, 9.17) is 4.98 Å². The van der Waals surface area contributed by atoms with Crippen LogP contribution in [0.2, 0.25) is 0 Å². The summed E-state index contributed by atoms with van der Waals surface area (Å²) in [6.07, 6.45) is 2.39. The second-order valence-corrected chi connectivity index (χ2v) is 6.50. The van der Waals surface area contributed by atoms with Crippen LogP contribution in [-0.2, 0) is 0 Å². The van der Waals surface area contributed by atoms with Gasteiger partial charge in [-0.1, -0.05) is 30.3 Å². The van der Waals surface area contributed by atoms with Crippen molar-refractivity contribution in [1.82, 2.24) is 4.98 Å². The third kappa shape index (κ3) is 2.94. The molecular formula is C21H23N3. The minimum atomic E-state index is 0.682. The number of nitrogens with zero attached hydrogens (tertiary/aromatic N) is 2. The largest absolute Gasteiger partial charge is 0.388 e. The standard InChI is InChI=1S/C21H23N3/c1-22-19-8-9-20-18(15-19)7-10-21(23-20)24-13-11-17(12-14-24)16-5-3-2-4-6-16/h2-10,15,17,22H,11-14H2,1H3. The van der Waals surface area contributed by atoms with Gasteiger partial charge in [0.2, 0.25) is 0 Å². The highest BCUT2D eigenvalue weighted by atomic mass is 15.2. The van der Waals surface area contributed by atoms with Crippen molar-refractivity contribution in [3.8, 4) is 0 Å². The van der Waals surface area contributed by atoms with Crippen LogP contribution in [0.25, 0.3) is 10.9 Å². The van der Waals surface area contributed by atoms with Crippen LogP contribution in [0.4, 0.5) is 11.5 Å². The summed E-state index contributed by atoms with van der Waals surface area (Å²) in [6.45, 7) is 2.15. The molecule has 0 spiro atoms. The van der Waals surface area contributed by atoms with Gasteiger partial charge in [0.1, 0.15) is 5.82 Å². The van der Waals surface area contributed by atoms with Crippen molar-refractivity contribution in [2.24, 2.45) is 0 Å². The first kappa shape index (κ1) is 15.0. The highest BCUT2D eigenvalue weighted by Gasteiger charge is 2.21. The fourth-order valence-electron chi connectivity index (χ4n) is 3.61. The van der Waals surface area contributed by atoms with E-state index < -0.39 is 0 Å². The van der Waals surface area contributed by atoms with Crippen molar-refractivity contribution in [3.05, 3.63) is 66.2 Å². The molecule has 4 rings (SSSR count). The highest BCUT2D eigenvalue weighted by Crippen LogP contribution is 2.30. The summed E-state index contributed by atoms with van der Waals surface area (Å²) >= 11 is 0. The molecule has 1 fully saturated rings. The van der Waals surface area contributed by atoms with Crippen LogP contribution in [-0.4, -0.2) is 25.1 Å². The molecule has 1 aliphatic heterocycles. The van der Waals surface area contributed by atoms with Crippen molar-refractivity contribution in [1.29, 1.82) is 0 Å². The van der Waals surface area contributed by atoms with E-state index in [9.17, 15) is 0 Å². The van der Waals surface area contributed by atoms with E-state index in [1.165, 1.54) is 23.8 Å². The Hall–Kier alpha value is -2.55. The Morgan fingerprint density at radius 1 is 0.958 bits per heavy atom. The fourth-order valence-corrected chi connectivity index (χ4v) is 3.61. The number of pyridine rings is 1. The average molecular weight is 317 g/mol. The minimum absolute atomic E-state index is 0.682. The molecule has 0 atom stereocenters. The normalized spacial score (nSPS) is 15.6. The first-order valence-electron chi connectivity index (χ1n) is 8.72. The molecule has 122 valence electrons. The number of benzene rings is 2. The number of piperidine rings is 1. The van der Waals surface area contributed by atoms with Gasteiger partial charge in [-0.25, -0.2) is 4.98 Å². The van der Waals surface area contributed by atoms with E-state index in [0.29, 0.717) is 5.92 Å². The summed E-state index contributed by atoms with van der Waals surface area (Å²) in [4.78, 5) is 7.29. The molecule has 3 nitrogen and oxygen atoms in total. The molecule has 0 radical (unpaired) electrons. The van der Waals surface area contributed by atoms with E-state index in [2.05, 4.69) is 70.9 Å². The molecule has 3 heteroatoms. The van der Waals surface area contributed by atoms with Gasteiger partial charge in [0.15, 0.2) is 0 Å². The van der Waals surface area contributed by atoms with Gasteiger partial charge >= 0.3 is 0 Å². The Balaban J connectivity index is 1.50. The number of fused-ring (bicyclic) bond motifs is 1. The lowest BCUT2D eigenvalue weighted by atomic mass is 9.89. The molecule has 2 heterocycles. The van der Waals surface area contributed by atoms with Gasteiger partial charge in [-0.05, 0) is 54.7 Å². The van der Waals surface area contributed by atoms with Crippen LogP contribution in [0.5, 0.6) is 0 Å². The van der Waals surface area contributed by atoms with Crippen LogP contribution >= 0.6 is 0 Å². The number of aromatic nitrogens is 1. The Labute approximate surface area is 143 Å². The second kappa shape index (κ2) is 6.52. The quantitative estimate of drug-likeness (QED) is 0.761. The lowest BCUT2D eigenvalue weighted by molar-refractivity contribution is 0.503. The number of nitrogens with one attached hydrogen (secondary N) is 1. The second-order valence-electron chi connectivity index (χ2n) is 6.50. The summed E-state index contributed by atoms with van der Waals surface area (Å²) in [5.74, 6) is 1.78. The molecule has 1 aliphatic rings. The van der Waals surface area contributed by atoms with Gasteiger partial charge in [0.25, 0.3) is 0 Å². The van der Waals surface area contributed by atoms with Crippen molar-refractivity contribution >= 4 is 22.4 Å². The maximum atomic E-state index is 4.87. The summed E-state index contributed by atoms with van der Waals surface area (Å²) in [5, 5.41) is 4.36. The van der Waals surface area contributed by atoms with Crippen LogP contribution in [0.15, 0.2) is 60.7 Å². The molecule has 1 aromatic heterocycles. The highest BCUT2D eigenvalue weighted by molar-refractivity contribution is 5.83. The van der Waals surface area contributed by atoms with Crippen molar-refractivity contribution < 1.29 is 0 Å². The number of hydrogen-bond donors (Lipinski definition) is 1. The summed E-state index contributed by atoms with van der Waals surface area (Å²) in [7, 11) is 1.94. The maximum Gasteiger partial charge on any atom is 0.129 e. The Morgan fingerprint density at radius 2 is 1.75 bits per heavy atom. The predicted molar refractivity (Wildman–Crippen MR) is 102 cm³/mol. The molecule has 0 unspecified atom stereocenters. The number of rotatable bonds is 3. The molecule has 0 saturated carbocycles. The topological polar surface area (TPSA) is 28.2 Å². The van der Waals surface area contributed by atoms with Crippen LogP contribution in [0, 0.1) is 0 Å². The van der Waals surface area contributed by atoms with Crippen molar-refractivity contribution in [3.63, 3.8) is 0 Å². The SMILES string of the molecule is CNc1ccc2nc(N3CCC(c4ccccc4)CC3)ccc2c1. The zero-order valence-electron chi connectivity index (χ0n) is 14.1. The van der Waals surface area contributed by atoms with Gasteiger partial charge in [0.05, 0.1) is 5.52 Å². The monoisotopic (exact) mass is 317 g/mol. The molecule has 1 saturated heterocycles.